The van der Waals surface area contributed by atoms with E-state index < -0.39 is 5.97 Å². The van der Waals surface area contributed by atoms with Gasteiger partial charge in [0.05, 0.1) is 11.9 Å². The number of amides is 2. The summed E-state index contributed by atoms with van der Waals surface area (Å²) in [5.74, 6) is -0.969. The third kappa shape index (κ3) is 5.45. The fourth-order valence-corrected chi connectivity index (χ4v) is 2.61. The molecule has 1 heterocycles. The van der Waals surface area contributed by atoms with Gasteiger partial charge in [0.15, 0.2) is 0 Å². The molecule has 1 saturated carbocycles. The van der Waals surface area contributed by atoms with Gasteiger partial charge < -0.3 is 15.7 Å². The molecule has 7 heteroatoms. The number of urea groups is 1. The van der Waals surface area contributed by atoms with Gasteiger partial charge in [0, 0.05) is 12.2 Å². The number of anilines is 1. The molecule has 116 valence electrons. The van der Waals surface area contributed by atoms with Gasteiger partial charge in [-0.1, -0.05) is 32.1 Å². The van der Waals surface area contributed by atoms with E-state index in [-0.39, 0.29) is 18.6 Å². The maximum absolute atomic E-state index is 11.9. The molecule has 0 bridgehead atoms. The van der Waals surface area contributed by atoms with Gasteiger partial charge in [-0.25, -0.2) is 4.79 Å². The molecule has 1 fully saturated rings. The zero-order valence-corrected chi connectivity index (χ0v) is 12.0. The van der Waals surface area contributed by atoms with Crippen LogP contribution >= 0.6 is 0 Å². The predicted octanol–water partition coefficient (Wildman–Crippen LogP) is 2.20. The van der Waals surface area contributed by atoms with Crippen LogP contribution in [0.25, 0.3) is 0 Å². The summed E-state index contributed by atoms with van der Waals surface area (Å²) < 4.78 is 1.27. The molecule has 0 radical (unpaired) electrons. The van der Waals surface area contributed by atoms with Crippen molar-refractivity contribution in [2.75, 3.05) is 5.32 Å². The molecule has 0 aromatic carbocycles. The highest BCUT2D eigenvalue weighted by Crippen LogP contribution is 2.17. The van der Waals surface area contributed by atoms with Crippen LogP contribution in [0.5, 0.6) is 0 Å². The number of hydrogen-bond donors (Lipinski definition) is 3. The summed E-state index contributed by atoms with van der Waals surface area (Å²) in [6.07, 6.45) is 11.1. The third-order valence-corrected chi connectivity index (χ3v) is 3.63. The molecule has 1 aliphatic carbocycles. The number of rotatable bonds is 4. The van der Waals surface area contributed by atoms with Crippen molar-refractivity contribution >= 4 is 17.7 Å². The molecule has 1 aliphatic rings. The minimum Gasteiger partial charge on any atom is -0.480 e. The van der Waals surface area contributed by atoms with Gasteiger partial charge in [0.25, 0.3) is 0 Å². The second kappa shape index (κ2) is 7.66. The number of carboxylic acid groups (broad SMARTS) is 1. The molecule has 2 amide bonds. The summed E-state index contributed by atoms with van der Waals surface area (Å²) in [5.41, 5.74) is 0.500. The van der Waals surface area contributed by atoms with Crippen molar-refractivity contribution < 1.29 is 14.7 Å². The first-order chi connectivity index (χ1) is 10.1. The van der Waals surface area contributed by atoms with Gasteiger partial charge in [-0.2, -0.15) is 5.10 Å². The largest absolute Gasteiger partial charge is 0.480 e. The molecule has 0 unspecified atom stereocenters. The van der Waals surface area contributed by atoms with Gasteiger partial charge in [-0.05, 0) is 12.8 Å². The molecule has 21 heavy (non-hydrogen) atoms. The first-order valence-electron chi connectivity index (χ1n) is 7.45. The molecular weight excluding hydrogens is 272 g/mol. The van der Waals surface area contributed by atoms with Gasteiger partial charge in [0.1, 0.15) is 6.54 Å². The number of hydrogen-bond acceptors (Lipinski definition) is 3. The van der Waals surface area contributed by atoms with Crippen molar-refractivity contribution in [3.63, 3.8) is 0 Å². The third-order valence-electron chi connectivity index (χ3n) is 3.63. The Balaban J connectivity index is 1.80. The van der Waals surface area contributed by atoms with Crippen molar-refractivity contribution in [3.05, 3.63) is 12.4 Å². The van der Waals surface area contributed by atoms with E-state index in [0.717, 1.165) is 25.7 Å². The van der Waals surface area contributed by atoms with E-state index in [1.165, 1.54) is 36.3 Å². The standard InChI is InChI=1S/C14H22N4O3/c19-13(20)10-18-9-12(8-15-18)17-14(21)16-11-6-4-2-1-3-5-7-11/h8-9,11H,1-7,10H2,(H,19,20)(H2,16,17,21). The number of nitrogens with one attached hydrogen (secondary N) is 2. The average molecular weight is 294 g/mol. The molecular formula is C14H22N4O3. The highest BCUT2D eigenvalue weighted by molar-refractivity contribution is 5.89. The van der Waals surface area contributed by atoms with Crippen LogP contribution in [0.1, 0.15) is 44.9 Å². The number of aromatic nitrogens is 2. The lowest BCUT2D eigenvalue weighted by molar-refractivity contribution is -0.137. The number of carbonyl (C=O) groups is 2. The molecule has 1 aromatic heterocycles. The summed E-state index contributed by atoms with van der Waals surface area (Å²) in [7, 11) is 0. The Labute approximate surface area is 123 Å². The lowest BCUT2D eigenvalue weighted by Crippen LogP contribution is -2.38. The predicted molar refractivity (Wildman–Crippen MR) is 78.1 cm³/mol. The number of carbonyl (C=O) groups excluding carboxylic acids is 1. The molecule has 0 saturated heterocycles. The molecule has 0 atom stereocenters. The topological polar surface area (TPSA) is 96.2 Å². The van der Waals surface area contributed by atoms with E-state index in [1.807, 2.05) is 0 Å². The van der Waals surface area contributed by atoms with Gasteiger partial charge >= 0.3 is 12.0 Å². The second-order valence-corrected chi connectivity index (χ2v) is 5.46. The Hall–Kier alpha value is -2.05. The maximum atomic E-state index is 11.9. The van der Waals surface area contributed by atoms with Crippen molar-refractivity contribution in [1.29, 1.82) is 0 Å². The van der Waals surface area contributed by atoms with Crippen LogP contribution in [0, 0.1) is 0 Å². The first kappa shape index (κ1) is 15.3. The number of aliphatic carboxylic acids is 1. The zero-order valence-electron chi connectivity index (χ0n) is 12.0. The number of carboxylic acids is 1. The highest BCUT2D eigenvalue weighted by Gasteiger charge is 2.14. The van der Waals surface area contributed by atoms with E-state index in [2.05, 4.69) is 15.7 Å². The van der Waals surface area contributed by atoms with Crippen molar-refractivity contribution in [1.82, 2.24) is 15.1 Å². The highest BCUT2D eigenvalue weighted by atomic mass is 16.4. The van der Waals surface area contributed by atoms with Crippen molar-refractivity contribution in [3.8, 4) is 0 Å². The zero-order chi connectivity index (χ0) is 15.1. The smallest absolute Gasteiger partial charge is 0.325 e. The number of nitrogens with zero attached hydrogens (tertiary/aromatic N) is 2. The van der Waals surface area contributed by atoms with E-state index in [9.17, 15) is 9.59 Å². The van der Waals surface area contributed by atoms with Crippen LogP contribution in [0.4, 0.5) is 10.5 Å². The monoisotopic (exact) mass is 294 g/mol. The fraction of sp³-hybridized carbons (Fsp3) is 0.643. The molecule has 0 spiro atoms. The van der Waals surface area contributed by atoms with Gasteiger partial charge in [-0.3, -0.25) is 9.48 Å². The molecule has 3 N–H and O–H groups in total. The second-order valence-electron chi connectivity index (χ2n) is 5.46. The van der Waals surface area contributed by atoms with Crippen LogP contribution in [0.2, 0.25) is 0 Å². The van der Waals surface area contributed by atoms with E-state index in [0.29, 0.717) is 5.69 Å². The van der Waals surface area contributed by atoms with Crippen molar-refractivity contribution in [2.45, 2.75) is 57.5 Å². The molecule has 1 aromatic rings. The van der Waals surface area contributed by atoms with Crippen LogP contribution in [-0.4, -0.2) is 32.9 Å². The normalized spacial score (nSPS) is 16.8. The Morgan fingerprint density at radius 3 is 2.57 bits per heavy atom. The lowest BCUT2D eigenvalue weighted by atomic mass is 9.97. The first-order valence-corrected chi connectivity index (χ1v) is 7.45. The van der Waals surface area contributed by atoms with Gasteiger partial charge in [-0.15, -0.1) is 0 Å². The SMILES string of the molecule is O=C(O)Cn1cc(NC(=O)NC2CCCCCCC2)cn1. The Bertz CT molecular complexity index is 478. The summed E-state index contributed by atoms with van der Waals surface area (Å²) in [5, 5.41) is 18.2. The lowest BCUT2D eigenvalue weighted by Gasteiger charge is -2.20. The minimum atomic E-state index is -0.969. The quantitative estimate of drug-likeness (QED) is 0.793. The Morgan fingerprint density at radius 1 is 1.24 bits per heavy atom. The maximum Gasteiger partial charge on any atom is 0.325 e. The summed E-state index contributed by atoms with van der Waals surface area (Å²) in [6, 6.07) is -0.0326. The molecule has 7 nitrogen and oxygen atoms in total. The van der Waals surface area contributed by atoms with E-state index in [4.69, 9.17) is 5.11 Å². The van der Waals surface area contributed by atoms with Crippen LogP contribution in [0.15, 0.2) is 12.4 Å². The van der Waals surface area contributed by atoms with Crippen molar-refractivity contribution in [2.24, 2.45) is 0 Å². The molecule has 2 rings (SSSR count). The minimum absolute atomic E-state index is 0.216. The Morgan fingerprint density at radius 2 is 1.90 bits per heavy atom. The van der Waals surface area contributed by atoms with E-state index in [1.54, 1.807) is 0 Å². The van der Waals surface area contributed by atoms with Crippen LogP contribution in [-0.2, 0) is 11.3 Å². The van der Waals surface area contributed by atoms with Crippen LogP contribution < -0.4 is 10.6 Å². The van der Waals surface area contributed by atoms with Gasteiger partial charge in [0.2, 0.25) is 0 Å². The van der Waals surface area contributed by atoms with E-state index >= 15 is 0 Å². The molecule has 0 aliphatic heterocycles. The fourth-order valence-electron chi connectivity index (χ4n) is 2.61. The average Bonchev–Trinajstić information content (AvgIpc) is 2.78. The summed E-state index contributed by atoms with van der Waals surface area (Å²) in [4.78, 5) is 22.5. The summed E-state index contributed by atoms with van der Waals surface area (Å²) >= 11 is 0. The summed E-state index contributed by atoms with van der Waals surface area (Å²) in [6.45, 7) is -0.216. The Kier molecular flexibility index (Phi) is 5.59. The van der Waals surface area contributed by atoms with Crippen LogP contribution in [0.3, 0.4) is 0 Å².